The Bertz CT molecular complexity index is 2010. The fraction of sp³-hybridized carbons (Fsp3) is 0.447. The molecule has 4 aromatic rings. The first-order valence-electron chi connectivity index (χ1n) is 17.7. The number of carboxylic acids is 1. The summed E-state index contributed by atoms with van der Waals surface area (Å²) in [6.07, 6.45) is 5.00. The number of benzene rings is 2. The van der Waals surface area contributed by atoms with Gasteiger partial charge < -0.3 is 29.8 Å². The van der Waals surface area contributed by atoms with E-state index >= 15 is 0 Å². The summed E-state index contributed by atoms with van der Waals surface area (Å²) >= 11 is 6.95. The van der Waals surface area contributed by atoms with Gasteiger partial charge in [-0.25, -0.2) is 9.97 Å². The number of carboxylic acid groups (broad SMARTS) is 1. The second-order valence-electron chi connectivity index (χ2n) is 14.4. The van der Waals surface area contributed by atoms with Gasteiger partial charge in [-0.15, -0.1) is 0 Å². The van der Waals surface area contributed by atoms with Crippen LogP contribution in [0.5, 0.6) is 0 Å². The number of nitrogens with one attached hydrogen (secondary N) is 2. The molecule has 12 nitrogen and oxygen atoms in total. The molecule has 0 bridgehead atoms. The van der Waals surface area contributed by atoms with Crippen LogP contribution in [0.2, 0.25) is 5.02 Å². The molecule has 0 atom stereocenters. The lowest BCUT2D eigenvalue weighted by Crippen LogP contribution is -2.36. The second kappa shape index (κ2) is 14.2. The van der Waals surface area contributed by atoms with Crippen LogP contribution in [0.3, 0.4) is 0 Å². The Morgan fingerprint density at radius 2 is 1.37 bits per heavy atom. The lowest BCUT2D eigenvalue weighted by atomic mass is 9.81. The molecule has 7 rings (SSSR count). The SMILES string of the molecule is Cc1c(NC(=O)c2nc3c(n2C)CCN(CC2CCC(C(=O)O)CC2)C3)cccc1-c1cccc(NC(=O)c2nc3c(n2C)CCN(C)C3)c1Cl. The summed E-state index contributed by atoms with van der Waals surface area (Å²) in [6, 6.07) is 11.2. The van der Waals surface area contributed by atoms with Gasteiger partial charge in [-0.3, -0.25) is 19.3 Å². The van der Waals surface area contributed by atoms with Crippen molar-refractivity contribution in [1.29, 1.82) is 0 Å². The van der Waals surface area contributed by atoms with Crippen molar-refractivity contribution in [2.45, 2.75) is 58.5 Å². The van der Waals surface area contributed by atoms with Crippen LogP contribution in [0.4, 0.5) is 11.4 Å². The first kappa shape index (κ1) is 34.9. The maximum atomic E-state index is 13.7. The monoisotopic (exact) mass is 712 g/mol. The summed E-state index contributed by atoms with van der Waals surface area (Å²) < 4.78 is 3.77. The summed E-state index contributed by atoms with van der Waals surface area (Å²) in [6.45, 7) is 6.05. The molecule has 0 unspecified atom stereocenters. The average Bonchev–Trinajstić information content (AvgIpc) is 3.62. The van der Waals surface area contributed by atoms with Crippen molar-refractivity contribution in [2.75, 3.05) is 37.3 Å². The van der Waals surface area contributed by atoms with E-state index in [1.165, 1.54) is 0 Å². The molecular weight excluding hydrogens is 668 g/mol. The maximum Gasteiger partial charge on any atom is 0.306 e. The van der Waals surface area contributed by atoms with Gasteiger partial charge in [-0.2, -0.15) is 0 Å². The minimum Gasteiger partial charge on any atom is -0.481 e. The van der Waals surface area contributed by atoms with E-state index in [1.54, 1.807) is 6.07 Å². The molecule has 13 heteroatoms. The molecule has 4 heterocycles. The third-order valence-corrected chi connectivity index (χ3v) is 11.4. The van der Waals surface area contributed by atoms with Crippen molar-refractivity contribution in [2.24, 2.45) is 25.9 Å². The van der Waals surface area contributed by atoms with Gasteiger partial charge >= 0.3 is 5.97 Å². The smallest absolute Gasteiger partial charge is 0.306 e. The van der Waals surface area contributed by atoms with Crippen LogP contribution in [0, 0.1) is 18.8 Å². The van der Waals surface area contributed by atoms with Crippen molar-refractivity contribution in [3.63, 3.8) is 0 Å². The molecule has 0 spiro atoms. The predicted molar refractivity (Wildman–Crippen MR) is 196 cm³/mol. The summed E-state index contributed by atoms with van der Waals surface area (Å²) in [7, 11) is 5.82. The van der Waals surface area contributed by atoms with Crippen molar-refractivity contribution >= 4 is 40.8 Å². The zero-order chi connectivity index (χ0) is 36.0. The standard InChI is InChI=1S/C38H45ClN8O4/c1-22-25(26-8-6-10-28(33(26)39)43-37(49)35-40-29-20-44(2)17-15-31(29)45(35)3)7-5-9-27(22)42-36(48)34-41-30-21-47(18-16-32(30)46(34)4)19-23-11-13-24(14-12-23)38(50)51/h5-10,23-24H,11-21H2,1-4H3,(H,42,48)(H,43,49)(H,50,51). The number of carbonyl (C=O) groups excluding carboxylic acids is 2. The number of carbonyl (C=O) groups is 3. The number of rotatable bonds is 8. The quantitative estimate of drug-likeness (QED) is 0.217. The van der Waals surface area contributed by atoms with Crippen molar-refractivity contribution in [1.82, 2.24) is 28.9 Å². The number of anilines is 2. The highest BCUT2D eigenvalue weighted by molar-refractivity contribution is 6.36. The van der Waals surface area contributed by atoms with Crippen LogP contribution in [0.1, 0.15) is 75.3 Å². The van der Waals surface area contributed by atoms with Crippen molar-refractivity contribution in [3.8, 4) is 11.1 Å². The highest BCUT2D eigenvalue weighted by Gasteiger charge is 2.31. The van der Waals surface area contributed by atoms with Gasteiger partial charge in [0.25, 0.3) is 11.8 Å². The summed E-state index contributed by atoms with van der Waals surface area (Å²) in [4.78, 5) is 52.5. The molecule has 1 fully saturated rings. The zero-order valence-corrected chi connectivity index (χ0v) is 30.4. The van der Waals surface area contributed by atoms with E-state index in [9.17, 15) is 19.5 Å². The number of likely N-dealkylation sites (N-methyl/N-ethyl adjacent to an activating group) is 1. The van der Waals surface area contributed by atoms with Gasteiger partial charge in [0.05, 0.1) is 28.0 Å². The molecule has 2 amide bonds. The molecule has 2 aromatic heterocycles. The highest BCUT2D eigenvalue weighted by Crippen LogP contribution is 2.38. The van der Waals surface area contributed by atoms with Crippen molar-refractivity contribution in [3.05, 3.63) is 81.4 Å². The van der Waals surface area contributed by atoms with Crippen LogP contribution in [0.15, 0.2) is 36.4 Å². The van der Waals surface area contributed by atoms with Crippen molar-refractivity contribution < 1.29 is 19.5 Å². The minimum absolute atomic E-state index is 0.212. The van der Waals surface area contributed by atoms with E-state index in [4.69, 9.17) is 16.6 Å². The highest BCUT2D eigenvalue weighted by atomic mass is 35.5. The average molecular weight is 713 g/mol. The number of nitrogens with zero attached hydrogens (tertiary/aromatic N) is 6. The molecule has 51 heavy (non-hydrogen) atoms. The Kier molecular flexibility index (Phi) is 9.75. The Labute approximate surface area is 302 Å². The van der Waals surface area contributed by atoms with Gasteiger partial charge in [0.15, 0.2) is 11.6 Å². The number of halogens is 1. The Morgan fingerprint density at radius 1 is 0.804 bits per heavy atom. The van der Waals surface area contributed by atoms with Crippen LogP contribution < -0.4 is 10.6 Å². The molecule has 0 radical (unpaired) electrons. The Hall–Kier alpha value is -4.52. The van der Waals surface area contributed by atoms with Gasteiger partial charge in [0.2, 0.25) is 0 Å². The maximum absolute atomic E-state index is 13.7. The number of hydrogen-bond donors (Lipinski definition) is 3. The van der Waals surface area contributed by atoms with Crippen LogP contribution in [-0.2, 0) is 44.8 Å². The summed E-state index contributed by atoms with van der Waals surface area (Å²) in [5, 5.41) is 15.8. The molecule has 0 saturated heterocycles. The molecule has 1 saturated carbocycles. The lowest BCUT2D eigenvalue weighted by Gasteiger charge is -2.33. The van der Waals surface area contributed by atoms with E-state index in [0.717, 1.165) is 97.6 Å². The topological polar surface area (TPSA) is 138 Å². The first-order chi connectivity index (χ1) is 24.5. The third-order valence-electron chi connectivity index (χ3n) is 11.0. The lowest BCUT2D eigenvalue weighted by molar-refractivity contribution is -0.143. The van der Waals surface area contributed by atoms with Gasteiger partial charge in [0, 0.05) is 82.3 Å². The molecule has 2 aliphatic heterocycles. The van der Waals surface area contributed by atoms with Crippen LogP contribution >= 0.6 is 11.6 Å². The van der Waals surface area contributed by atoms with Gasteiger partial charge in [-0.1, -0.05) is 35.9 Å². The number of amides is 2. The molecular formula is C38H45ClN8O4. The molecule has 2 aromatic carbocycles. The number of hydrogen-bond acceptors (Lipinski definition) is 7. The number of aliphatic carboxylic acids is 1. The Morgan fingerprint density at radius 3 is 2.02 bits per heavy atom. The van der Waals surface area contributed by atoms with E-state index in [2.05, 4.69) is 25.4 Å². The van der Waals surface area contributed by atoms with E-state index in [-0.39, 0.29) is 17.7 Å². The molecule has 3 aliphatic rings. The number of fused-ring (bicyclic) bond motifs is 2. The first-order valence-corrected chi connectivity index (χ1v) is 18.1. The normalized spacial score (nSPS) is 19.3. The van der Waals surface area contributed by atoms with E-state index < -0.39 is 5.97 Å². The molecule has 3 N–H and O–H groups in total. The zero-order valence-electron chi connectivity index (χ0n) is 29.6. The molecule has 1 aliphatic carbocycles. The van der Waals surface area contributed by atoms with E-state index in [1.807, 2.05) is 67.5 Å². The van der Waals surface area contributed by atoms with Crippen LogP contribution in [0.25, 0.3) is 11.1 Å². The minimum atomic E-state index is -0.677. The molecule has 268 valence electrons. The van der Waals surface area contributed by atoms with Gasteiger partial charge in [-0.05, 0) is 68.8 Å². The predicted octanol–water partition coefficient (Wildman–Crippen LogP) is 5.52. The third kappa shape index (κ3) is 6.92. The Balaban J connectivity index is 1.04. The number of imidazole rings is 2. The largest absolute Gasteiger partial charge is 0.481 e. The van der Waals surface area contributed by atoms with Gasteiger partial charge in [0.1, 0.15) is 0 Å². The fourth-order valence-corrected chi connectivity index (χ4v) is 8.29. The summed E-state index contributed by atoms with van der Waals surface area (Å²) in [5.74, 6) is -0.306. The fourth-order valence-electron chi connectivity index (χ4n) is 8.02. The van der Waals surface area contributed by atoms with E-state index in [0.29, 0.717) is 47.1 Å². The summed E-state index contributed by atoms with van der Waals surface area (Å²) in [5.41, 5.74) is 7.50. The van der Waals surface area contributed by atoms with Crippen LogP contribution in [-0.4, -0.2) is 78.5 Å². The number of aromatic nitrogens is 4. The second-order valence-corrected chi connectivity index (χ2v) is 14.7.